The van der Waals surface area contributed by atoms with Crippen LogP contribution in [0.25, 0.3) is 22.6 Å². The number of hydrogen-bond acceptors (Lipinski definition) is 4. The van der Waals surface area contributed by atoms with Gasteiger partial charge in [-0.2, -0.15) is 0 Å². The van der Waals surface area contributed by atoms with Crippen LogP contribution in [0.5, 0.6) is 0 Å². The van der Waals surface area contributed by atoms with Crippen LogP contribution >= 0.6 is 0 Å². The van der Waals surface area contributed by atoms with Crippen LogP contribution in [0.3, 0.4) is 0 Å². The van der Waals surface area contributed by atoms with Crippen LogP contribution in [0.1, 0.15) is 33.5 Å². The summed E-state index contributed by atoms with van der Waals surface area (Å²) in [6.45, 7) is 8.25. The molecule has 0 spiro atoms. The Morgan fingerprint density at radius 2 is 1.77 bits per heavy atom. The van der Waals surface area contributed by atoms with Crippen molar-refractivity contribution in [2.75, 3.05) is 38.0 Å². The maximum atomic E-state index is 13.2. The standard InChI is InChI=1S/C34H35N5O/c40-34-31-26(21-35-34)29-25-12-5-7-14-28(25)39(33(29)32-30(31)24-11-4-6-13-27(24)36-32)16-8-15-37-17-19-38(20-18-37)22-23-9-2-1-3-10-23/h1-7,9-11,13-14,27,36H,8,12,15-22H2,(H,35,40). The minimum atomic E-state index is 0.0642. The quantitative estimate of drug-likeness (QED) is 0.516. The van der Waals surface area contributed by atoms with Crippen molar-refractivity contribution in [3.63, 3.8) is 0 Å². The molecule has 202 valence electrons. The number of carbonyl (C=O) groups excluding carboxylic acids is 1. The molecule has 4 heterocycles. The zero-order valence-corrected chi connectivity index (χ0v) is 22.8. The molecule has 1 fully saturated rings. The maximum Gasteiger partial charge on any atom is 0.252 e. The second-order valence-electron chi connectivity index (χ2n) is 11.6. The number of carbonyl (C=O) groups is 1. The Balaban J connectivity index is 1.10. The summed E-state index contributed by atoms with van der Waals surface area (Å²) in [7, 11) is 0. The molecule has 5 aliphatic rings. The number of nitrogens with zero attached hydrogens (tertiary/aromatic N) is 3. The number of benzene rings is 2. The van der Waals surface area contributed by atoms with E-state index in [2.05, 4.69) is 97.9 Å². The Bertz CT molecular complexity index is 1730. The monoisotopic (exact) mass is 529 g/mol. The van der Waals surface area contributed by atoms with Crippen molar-refractivity contribution >= 4 is 34.1 Å². The van der Waals surface area contributed by atoms with Gasteiger partial charge in [-0.05, 0) is 47.7 Å². The molecule has 2 N–H and O–H groups in total. The number of amides is 1. The molecule has 0 bridgehead atoms. The van der Waals surface area contributed by atoms with Gasteiger partial charge in [-0.1, -0.05) is 66.8 Å². The number of rotatable bonds is 6. The minimum absolute atomic E-state index is 0.0642. The molecule has 2 aromatic carbocycles. The Hall–Kier alpha value is -3.87. The number of aryl methyl sites for hydroxylation is 1. The first-order chi connectivity index (χ1) is 19.8. The summed E-state index contributed by atoms with van der Waals surface area (Å²) in [6, 6.07) is 10.9. The summed E-state index contributed by atoms with van der Waals surface area (Å²) >= 11 is 0. The molecule has 40 heavy (non-hydrogen) atoms. The van der Waals surface area contributed by atoms with Crippen molar-refractivity contribution in [2.45, 2.75) is 38.5 Å². The largest absolute Gasteiger partial charge is 0.372 e. The fourth-order valence-corrected chi connectivity index (χ4v) is 7.41. The highest BCUT2D eigenvalue weighted by molar-refractivity contribution is 6.12. The van der Waals surface area contributed by atoms with Gasteiger partial charge in [0, 0.05) is 61.8 Å². The summed E-state index contributed by atoms with van der Waals surface area (Å²) in [6.07, 6.45) is 17.3. The number of hydrogen-bond donors (Lipinski definition) is 2. The first-order valence-electron chi connectivity index (χ1n) is 14.8. The van der Waals surface area contributed by atoms with Crippen LogP contribution < -0.4 is 21.2 Å². The molecular weight excluding hydrogens is 494 g/mol. The molecule has 2 aliphatic carbocycles. The van der Waals surface area contributed by atoms with Gasteiger partial charge in [-0.25, -0.2) is 0 Å². The second kappa shape index (κ2) is 9.65. The van der Waals surface area contributed by atoms with Gasteiger partial charge < -0.3 is 20.1 Å². The molecule has 1 atom stereocenters. The highest BCUT2D eigenvalue weighted by Crippen LogP contribution is 2.37. The van der Waals surface area contributed by atoms with E-state index in [-0.39, 0.29) is 11.9 Å². The van der Waals surface area contributed by atoms with Gasteiger partial charge in [0.05, 0.1) is 22.8 Å². The lowest BCUT2D eigenvalue weighted by Crippen LogP contribution is -2.46. The Morgan fingerprint density at radius 3 is 2.65 bits per heavy atom. The second-order valence-corrected chi connectivity index (χ2v) is 11.6. The topological polar surface area (TPSA) is 52.5 Å². The number of piperazine rings is 1. The van der Waals surface area contributed by atoms with E-state index in [0.717, 1.165) is 75.1 Å². The smallest absolute Gasteiger partial charge is 0.252 e. The molecule has 0 saturated carbocycles. The minimum Gasteiger partial charge on any atom is -0.372 e. The van der Waals surface area contributed by atoms with Crippen LogP contribution in [0.2, 0.25) is 0 Å². The third-order valence-corrected chi connectivity index (χ3v) is 9.30. The van der Waals surface area contributed by atoms with Crippen molar-refractivity contribution in [1.82, 2.24) is 19.7 Å². The molecule has 1 saturated heterocycles. The molecular formula is C34H35N5O. The van der Waals surface area contributed by atoms with Crippen LogP contribution in [-0.2, 0) is 26.1 Å². The van der Waals surface area contributed by atoms with Gasteiger partial charge in [-0.3, -0.25) is 9.69 Å². The molecule has 0 radical (unpaired) electrons. The summed E-state index contributed by atoms with van der Waals surface area (Å²) in [5, 5.41) is 10.7. The van der Waals surface area contributed by atoms with E-state index in [1.54, 1.807) is 0 Å². The number of nitrogens with one attached hydrogen (secondary N) is 2. The number of aromatic nitrogens is 1. The van der Waals surface area contributed by atoms with Crippen molar-refractivity contribution in [3.8, 4) is 0 Å². The van der Waals surface area contributed by atoms with Gasteiger partial charge in [0.15, 0.2) is 0 Å². The fourth-order valence-electron chi connectivity index (χ4n) is 7.41. The average molecular weight is 530 g/mol. The van der Waals surface area contributed by atoms with Crippen LogP contribution in [-0.4, -0.2) is 59.0 Å². The van der Waals surface area contributed by atoms with Gasteiger partial charge >= 0.3 is 0 Å². The molecule has 1 unspecified atom stereocenters. The third-order valence-electron chi connectivity index (χ3n) is 9.30. The van der Waals surface area contributed by atoms with E-state index < -0.39 is 0 Å². The number of fused-ring (bicyclic) bond motifs is 9. The highest BCUT2D eigenvalue weighted by atomic mass is 16.1. The van der Waals surface area contributed by atoms with E-state index in [1.165, 1.54) is 38.5 Å². The summed E-state index contributed by atoms with van der Waals surface area (Å²) in [5.74, 6) is 0.0642. The maximum absolute atomic E-state index is 13.2. The van der Waals surface area contributed by atoms with E-state index in [0.29, 0.717) is 6.54 Å². The van der Waals surface area contributed by atoms with Crippen LogP contribution in [0.4, 0.5) is 5.69 Å². The van der Waals surface area contributed by atoms with Crippen LogP contribution in [0.15, 0.2) is 66.8 Å². The van der Waals surface area contributed by atoms with Crippen molar-refractivity contribution in [1.29, 1.82) is 0 Å². The molecule has 3 aliphatic heterocycles. The van der Waals surface area contributed by atoms with E-state index >= 15 is 0 Å². The predicted octanol–water partition coefficient (Wildman–Crippen LogP) is 3.06. The number of anilines is 1. The summed E-state index contributed by atoms with van der Waals surface area (Å²) < 4.78 is 2.56. The van der Waals surface area contributed by atoms with Crippen molar-refractivity contribution in [3.05, 3.63) is 99.6 Å². The fraction of sp³-hybridized carbons (Fsp3) is 0.324. The molecule has 1 aromatic heterocycles. The molecule has 6 heteroatoms. The van der Waals surface area contributed by atoms with Crippen molar-refractivity contribution in [2.24, 2.45) is 0 Å². The molecule has 6 nitrogen and oxygen atoms in total. The van der Waals surface area contributed by atoms with E-state index in [9.17, 15) is 4.79 Å². The normalized spacial score (nSPS) is 21.1. The number of allylic oxidation sites excluding steroid dienone is 4. The van der Waals surface area contributed by atoms with Crippen molar-refractivity contribution < 1.29 is 4.79 Å². The SMILES string of the molecule is O=C1NCc2c1c1c(c3c2c2c(n3CCCN3CCN(Cc4ccccc4)CC3)=CC=CC2)NC2C=CC=CC=12. The van der Waals surface area contributed by atoms with Gasteiger partial charge in [0.1, 0.15) is 0 Å². The lowest BCUT2D eigenvalue weighted by Gasteiger charge is -2.34. The van der Waals surface area contributed by atoms with E-state index in [1.807, 2.05) is 0 Å². The Labute approximate surface area is 234 Å². The van der Waals surface area contributed by atoms with E-state index in [4.69, 9.17) is 0 Å². The Morgan fingerprint density at radius 1 is 0.925 bits per heavy atom. The summed E-state index contributed by atoms with van der Waals surface area (Å²) in [5.41, 5.74) is 8.48. The zero-order chi connectivity index (χ0) is 26.6. The van der Waals surface area contributed by atoms with Gasteiger partial charge in [0.2, 0.25) is 0 Å². The average Bonchev–Trinajstić information content (AvgIpc) is 3.66. The predicted molar refractivity (Wildman–Crippen MR) is 162 cm³/mol. The molecule has 3 aromatic rings. The molecule has 1 amide bonds. The Kier molecular flexibility index (Phi) is 5.78. The highest BCUT2D eigenvalue weighted by Gasteiger charge is 2.35. The molecule has 8 rings (SSSR count). The lowest BCUT2D eigenvalue weighted by molar-refractivity contribution is 0.0965. The van der Waals surface area contributed by atoms with Gasteiger partial charge in [0.25, 0.3) is 5.91 Å². The summed E-state index contributed by atoms with van der Waals surface area (Å²) in [4.78, 5) is 18.4. The lowest BCUT2D eigenvalue weighted by atomic mass is 9.94. The van der Waals surface area contributed by atoms with Crippen LogP contribution in [0, 0.1) is 0 Å². The third kappa shape index (κ3) is 3.81. The zero-order valence-electron chi connectivity index (χ0n) is 22.8. The first-order valence-corrected chi connectivity index (χ1v) is 14.8. The first kappa shape index (κ1) is 24.0. The van der Waals surface area contributed by atoms with Gasteiger partial charge in [-0.15, -0.1) is 0 Å².